The maximum atomic E-state index is 11.4. The van der Waals surface area contributed by atoms with Crippen LogP contribution in [0, 0.1) is 0 Å². The third-order valence-corrected chi connectivity index (χ3v) is 3.19. The number of hydrogen-bond donors (Lipinski definition) is 1. The zero-order valence-corrected chi connectivity index (χ0v) is 11.1. The van der Waals surface area contributed by atoms with Gasteiger partial charge in [0.2, 0.25) is 0 Å². The minimum absolute atomic E-state index is 0.0747. The largest absolute Gasteiger partial charge is 0.386 e. The van der Waals surface area contributed by atoms with E-state index in [4.69, 9.17) is 4.84 Å². The summed E-state index contributed by atoms with van der Waals surface area (Å²) in [5, 5.41) is 8.47. The van der Waals surface area contributed by atoms with Crippen LogP contribution in [0.5, 0.6) is 0 Å². The number of benzene rings is 1. The maximum Gasteiger partial charge on any atom is 0.261 e. The van der Waals surface area contributed by atoms with Crippen LogP contribution in [0.1, 0.15) is 10.4 Å². The van der Waals surface area contributed by atoms with E-state index in [1.807, 2.05) is 47.8 Å². The molecule has 0 atom stereocenters. The van der Waals surface area contributed by atoms with Crippen molar-refractivity contribution in [2.45, 2.75) is 6.54 Å². The Bertz CT molecular complexity index is 524. The van der Waals surface area contributed by atoms with E-state index < -0.39 is 0 Å². The Balaban J connectivity index is 1.65. The number of nitrogens with one attached hydrogen (secondary N) is 1. The van der Waals surface area contributed by atoms with Gasteiger partial charge in [-0.1, -0.05) is 41.6 Å². The Morgan fingerprint density at radius 3 is 2.84 bits per heavy atom. The Hall–Kier alpha value is -2.14. The van der Waals surface area contributed by atoms with Crippen molar-refractivity contribution in [2.24, 2.45) is 5.16 Å². The molecule has 0 saturated heterocycles. The van der Waals surface area contributed by atoms with Crippen LogP contribution in [0.15, 0.2) is 53.0 Å². The molecule has 5 heteroatoms. The topological polar surface area (TPSA) is 50.7 Å². The molecule has 0 spiro atoms. The molecule has 0 radical (unpaired) electrons. The number of carbonyl (C=O) groups is 1. The summed E-state index contributed by atoms with van der Waals surface area (Å²) in [6.45, 7) is 0.455. The van der Waals surface area contributed by atoms with Gasteiger partial charge >= 0.3 is 0 Å². The minimum Gasteiger partial charge on any atom is -0.386 e. The Labute approximate surface area is 115 Å². The highest BCUT2D eigenvalue weighted by atomic mass is 32.1. The Morgan fingerprint density at radius 1 is 1.26 bits per heavy atom. The number of rotatable bonds is 6. The van der Waals surface area contributed by atoms with Gasteiger partial charge in [0.25, 0.3) is 5.91 Å². The lowest BCUT2D eigenvalue weighted by molar-refractivity contribution is -0.125. The molecule has 2 aromatic rings. The monoisotopic (exact) mass is 274 g/mol. The van der Waals surface area contributed by atoms with Gasteiger partial charge in [0.1, 0.15) is 0 Å². The lowest BCUT2D eigenvalue weighted by Gasteiger charge is -2.02. The van der Waals surface area contributed by atoms with Gasteiger partial charge in [-0.2, -0.15) is 0 Å². The van der Waals surface area contributed by atoms with E-state index in [2.05, 4.69) is 10.5 Å². The standard InChI is InChI=1S/C14H14N2O2S/c17-14(15-10-13-7-4-8-19-13)11-18-16-9-12-5-2-1-3-6-12/h1-9H,10-11H2,(H,15,17)/b16-9-. The van der Waals surface area contributed by atoms with Crippen LogP contribution in [-0.4, -0.2) is 18.7 Å². The van der Waals surface area contributed by atoms with Crippen molar-refractivity contribution in [1.29, 1.82) is 0 Å². The molecule has 0 aliphatic heterocycles. The number of carbonyl (C=O) groups excluding carboxylic acids is 1. The fourth-order valence-electron chi connectivity index (χ4n) is 1.38. The van der Waals surface area contributed by atoms with Crippen molar-refractivity contribution >= 4 is 23.5 Å². The zero-order chi connectivity index (χ0) is 13.3. The SMILES string of the molecule is O=C(CO/N=C\c1ccccc1)NCc1cccs1. The summed E-state index contributed by atoms with van der Waals surface area (Å²) in [7, 11) is 0. The molecule has 0 saturated carbocycles. The molecule has 0 bridgehead atoms. The van der Waals surface area contributed by atoms with Crippen molar-refractivity contribution in [3.8, 4) is 0 Å². The first-order valence-electron chi connectivity index (χ1n) is 5.84. The van der Waals surface area contributed by atoms with Crippen LogP contribution in [-0.2, 0) is 16.2 Å². The highest BCUT2D eigenvalue weighted by Gasteiger charge is 2.01. The number of nitrogens with zero attached hydrogens (tertiary/aromatic N) is 1. The molecule has 0 fully saturated rings. The molecular weight excluding hydrogens is 260 g/mol. The molecule has 19 heavy (non-hydrogen) atoms. The van der Waals surface area contributed by atoms with Gasteiger partial charge in [0, 0.05) is 4.88 Å². The average Bonchev–Trinajstić information content (AvgIpc) is 2.96. The number of hydrogen-bond acceptors (Lipinski definition) is 4. The van der Waals surface area contributed by atoms with Crippen molar-refractivity contribution in [3.63, 3.8) is 0 Å². The first kappa shape index (κ1) is 13.3. The van der Waals surface area contributed by atoms with Crippen LogP contribution in [0.4, 0.5) is 0 Å². The summed E-state index contributed by atoms with van der Waals surface area (Å²) in [6, 6.07) is 13.5. The van der Waals surface area contributed by atoms with Crippen molar-refractivity contribution < 1.29 is 9.63 Å². The zero-order valence-electron chi connectivity index (χ0n) is 10.3. The van der Waals surface area contributed by atoms with E-state index in [-0.39, 0.29) is 12.5 Å². The smallest absolute Gasteiger partial charge is 0.261 e. The van der Waals surface area contributed by atoms with E-state index in [9.17, 15) is 4.79 Å². The molecule has 2 rings (SSSR count). The molecule has 98 valence electrons. The van der Waals surface area contributed by atoms with Crippen molar-refractivity contribution in [1.82, 2.24) is 5.32 Å². The fourth-order valence-corrected chi connectivity index (χ4v) is 2.03. The molecular formula is C14H14N2O2S. The van der Waals surface area contributed by atoms with E-state index in [1.165, 1.54) is 0 Å². The van der Waals surface area contributed by atoms with Gasteiger partial charge in [-0.3, -0.25) is 4.79 Å². The summed E-state index contributed by atoms with van der Waals surface area (Å²) < 4.78 is 0. The van der Waals surface area contributed by atoms with Crippen LogP contribution in [0.25, 0.3) is 0 Å². The predicted octanol–water partition coefficient (Wildman–Crippen LogP) is 2.42. The van der Waals surface area contributed by atoms with Crippen LogP contribution < -0.4 is 5.32 Å². The molecule has 0 aliphatic carbocycles. The Kier molecular flexibility index (Phi) is 5.13. The second-order valence-electron chi connectivity index (χ2n) is 3.77. The van der Waals surface area contributed by atoms with Crippen LogP contribution in [0.3, 0.4) is 0 Å². The average molecular weight is 274 g/mol. The molecule has 1 amide bonds. The number of amides is 1. The number of thiophene rings is 1. The van der Waals surface area contributed by atoms with Gasteiger partial charge in [0.05, 0.1) is 12.8 Å². The summed E-state index contributed by atoms with van der Waals surface area (Å²) >= 11 is 1.61. The third kappa shape index (κ3) is 4.93. The lowest BCUT2D eigenvalue weighted by atomic mass is 10.2. The highest BCUT2D eigenvalue weighted by molar-refractivity contribution is 7.09. The fraction of sp³-hybridized carbons (Fsp3) is 0.143. The molecule has 0 unspecified atom stereocenters. The molecule has 0 aliphatic rings. The quantitative estimate of drug-likeness (QED) is 0.649. The van der Waals surface area contributed by atoms with Crippen molar-refractivity contribution in [3.05, 3.63) is 58.3 Å². The highest BCUT2D eigenvalue weighted by Crippen LogP contribution is 2.07. The van der Waals surface area contributed by atoms with Gasteiger partial charge in [-0.15, -0.1) is 11.3 Å². The first-order chi connectivity index (χ1) is 9.34. The Morgan fingerprint density at radius 2 is 2.11 bits per heavy atom. The summed E-state index contributed by atoms with van der Waals surface area (Å²) in [4.78, 5) is 17.5. The molecule has 1 heterocycles. The summed E-state index contributed by atoms with van der Waals surface area (Å²) in [6.07, 6.45) is 1.58. The summed E-state index contributed by atoms with van der Waals surface area (Å²) in [5.41, 5.74) is 0.932. The second-order valence-corrected chi connectivity index (χ2v) is 4.81. The maximum absolute atomic E-state index is 11.4. The van der Waals surface area contributed by atoms with Gasteiger partial charge < -0.3 is 10.2 Å². The normalized spacial score (nSPS) is 10.5. The van der Waals surface area contributed by atoms with E-state index in [1.54, 1.807) is 17.6 Å². The molecule has 1 N–H and O–H groups in total. The van der Waals surface area contributed by atoms with Gasteiger partial charge in [-0.05, 0) is 17.0 Å². The molecule has 1 aromatic heterocycles. The lowest BCUT2D eigenvalue weighted by Crippen LogP contribution is -2.26. The minimum atomic E-state index is -0.182. The molecule has 1 aromatic carbocycles. The van der Waals surface area contributed by atoms with E-state index in [0.717, 1.165) is 10.4 Å². The first-order valence-corrected chi connectivity index (χ1v) is 6.72. The summed E-state index contributed by atoms with van der Waals surface area (Å²) in [5.74, 6) is -0.182. The van der Waals surface area contributed by atoms with Gasteiger partial charge in [0.15, 0.2) is 6.61 Å². The van der Waals surface area contributed by atoms with E-state index in [0.29, 0.717) is 6.54 Å². The molecule has 4 nitrogen and oxygen atoms in total. The number of oxime groups is 1. The second kappa shape index (κ2) is 7.33. The van der Waals surface area contributed by atoms with Crippen molar-refractivity contribution in [2.75, 3.05) is 6.61 Å². The van der Waals surface area contributed by atoms with Crippen LogP contribution >= 0.6 is 11.3 Å². The van der Waals surface area contributed by atoms with Gasteiger partial charge in [-0.25, -0.2) is 0 Å². The van der Waals surface area contributed by atoms with Crippen LogP contribution in [0.2, 0.25) is 0 Å². The third-order valence-electron chi connectivity index (χ3n) is 2.31. The predicted molar refractivity (Wildman–Crippen MR) is 76.2 cm³/mol. The van der Waals surface area contributed by atoms with E-state index >= 15 is 0 Å².